The van der Waals surface area contributed by atoms with Crippen molar-refractivity contribution in [1.29, 1.82) is 0 Å². The zero-order valence-corrected chi connectivity index (χ0v) is 14.7. The second-order valence-corrected chi connectivity index (χ2v) is 8.16. The Kier molecular flexibility index (Phi) is 5.83. The van der Waals surface area contributed by atoms with Crippen molar-refractivity contribution >= 4 is 15.9 Å². The van der Waals surface area contributed by atoms with Crippen LogP contribution in [0.2, 0.25) is 0 Å². The summed E-state index contributed by atoms with van der Waals surface area (Å²) in [6.45, 7) is 1.28. The van der Waals surface area contributed by atoms with Gasteiger partial charge >= 0.3 is 0 Å². The highest BCUT2D eigenvalue weighted by Crippen LogP contribution is 2.21. The Balaban J connectivity index is 1.85. The SMILES string of the molecule is CN(C)[C@@H](CNC(=O)C1CCN(S(C)(=O)=O)CC1)c1ccco1. The van der Waals surface area contributed by atoms with Gasteiger partial charge in [0.15, 0.2) is 0 Å². The fourth-order valence-corrected chi connectivity index (χ4v) is 3.68. The van der Waals surface area contributed by atoms with Crippen LogP contribution in [0.4, 0.5) is 0 Å². The van der Waals surface area contributed by atoms with E-state index >= 15 is 0 Å². The lowest BCUT2D eigenvalue weighted by Crippen LogP contribution is -2.44. The Bertz CT molecular complexity index is 605. The number of carbonyl (C=O) groups excluding carboxylic acids is 1. The van der Waals surface area contributed by atoms with Crippen LogP contribution in [0.3, 0.4) is 0 Å². The number of hydrogen-bond acceptors (Lipinski definition) is 5. The molecule has 1 N–H and O–H groups in total. The minimum absolute atomic E-state index is 0.0171. The monoisotopic (exact) mass is 343 g/mol. The van der Waals surface area contributed by atoms with Gasteiger partial charge in [0, 0.05) is 25.6 Å². The molecule has 0 saturated carbocycles. The third kappa shape index (κ3) is 4.79. The van der Waals surface area contributed by atoms with Crippen molar-refractivity contribution in [2.45, 2.75) is 18.9 Å². The lowest BCUT2D eigenvalue weighted by molar-refractivity contribution is -0.126. The molecule has 0 spiro atoms. The summed E-state index contributed by atoms with van der Waals surface area (Å²) in [4.78, 5) is 14.3. The Hall–Kier alpha value is -1.38. The number of nitrogens with one attached hydrogen (secondary N) is 1. The van der Waals surface area contributed by atoms with Crippen molar-refractivity contribution in [2.24, 2.45) is 5.92 Å². The lowest BCUT2D eigenvalue weighted by atomic mass is 9.97. The third-order valence-corrected chi connectivity index (χ3v) is 5.56. The van der Waals surface area contributed by atoms with Crippen LogP contribution >= 0.6 is 0 Å². The summed E-state index contributed by atoms with van der Waals surface area (Å²) in [6.07, 6.45) is 3.95. The van der Waals surface area contributed by atoms with E-state index in [0.717, 1.165) is 5.76 Å². The van der Waals surface area contributed by atoms with Crippen molar-refractivity contribution in [3.05, 3.63) is 24.2 Å². The molecule has 0 radical (unpaired) electrons. The van der Waals surface area contributed by atoms with E-state index in [9.17, 15) is 13.2 Å². The van der Waals surface area contributed by atoms with Crippen LogP contribution in [-0.4, -0.2) is 63.5 Å². The first-order valence-corrected chi connectivity index (χ1v) is 9.56. The summed E-state index contributed by atoms with van der Waals surface area (Å²) in [7, 11) is 0.710. The van der Waals surface area contributed by atoms with E-state index in [1.54, 1.807) is 6.26 Å². The number of hydrogen-bond donors (Lipinski definition) is 1. The molecule has 1 atom stereocenters. The molecule has 1 saturated heterocycles. The van der Waals surface area contributed by atoms with Gasteiger partial charge in [-0.3, -0.25) is 9.69 Å². The van der Waals surface area contributed by atoms with Gasteiger partial charge < -0.3 is 9.73 Å². The fraction of sp³-hybridized carbons (Fsp3) is 0.667. The molecule has 1 aromatic rings. The first-order chi connectivity index (χ1) is 10.8. The van der Waals surface area contributed by atoms with Gasteiger partial charge in [0.25, 0.3) is 0 Å². The predicted molar refractivity (Wildman–Crippen MR) is 87.3 cm³/mol. The van der Waals surface area contributed by atoms with Crippen LogP contribution in [0.25, 0.3) is 0 Å². The molecule has 0 bridgehead atoms. The Morgan fingerprint density at radius 1 is 1.43 bits per heavy atom. The number of nitrogens with zero attached hydrogens (tertiary/aromatic N) is 2. The van der Waals surface area contributed by atoms with Crippen LogP contribution in [0.5, 0.6) is 0 Å². The van der Waals surface area contributed by atoms with E-state index in [-0.39, 0.29) is 17.9 Å². The summed E-state index contributed by atoms with van der Waals surface area (Å²) in [6, 6.07) is 3.70. The second-order valence-electron chi connectivity index (χ2n) is 6.18. The molecule has 1 aliphatic heterocycles. The molecule has 0 aliphatic carbocycles. The van der Waals surface area contributed by atoms with Crippen molar-refractivity contribution < 1.29 is 17.6 Å². The summed E-state index contributed by atoms with van der Waals surface area (Å²) < 4.78 is 29.8. The molecule has 2 heterocycles. The molecule has 130 valence electrons. The van der Waals surface area contributed by atoms with Gasteiger partial charge in [0.2, 0.25) is 15.9 Å². The van der Waals surface area contributed by atoms with E-state index in [2.05, 4.69) is 5.32 Å². The van der Waals surface area contributed by atoms with Crippen molar-refractivity contribution in [2.75, 3.05) is 40.0 Å². The summed E-state index contributed by atoms with van der Waals surface area (Å²) in [5.41, 5.74) is 0. The van der Waals surface area contributed by atoms with Crippen LogP contribution < -0.4 is 5.32 Å². The molecule has 0 aromatic carbocycles. The van der Waals surface area contributed by atoms with Crippen molar-refractivity contribution in [3.63, 3.8) is 0 Å². The average Bonchev–Trinajstić information content (AvgIpc) is 3.00. The maximum atomic E-state index is 12.3. The number of likely N-dealkylation sites (N-methyl/N-ethyl adjacent to an activating group) is 1. The Morgan fingerprint density at radius 3 is 2.57 bits per heavy atom. The first kappa shape index (κ1) is 18.0. The zero-order chi connectivity index (χ0) is 17.0. The minimum atomic E-state index is -3.16. The van der Waals surface area contributed by atoms with Crippen LogP contribution in [-0.2, 0) is 14.8 Å². The van der Waals surface area contributed by atoms with Gasteiger partial charge in [-0.05, 0) is 39.1 Å². The largest absolute Gasteiger partial charge is 0.468 e. The van der Waals surface area contributed by atoms with Gasteiger partial charge in [0.05, 0.1) is 18.6 Å². The molecule has 8 heteroatoms. The second kappa shape index (κ2) is 7.46. The van der Waals surface area contributed by atoms with E-state index in [1.807, 2.05) is 31.1 Å². The van der Waals surface area contributed by atoms with E-state index < -0.39 is 10.0 Å². The number of amides is 1. The van der Waals surface area contributed by atoms with Gasteiger partial charge in [-0.2, -0.15) is 0 Å². The molecule has 1 fully saturated rings. The normalized spacial score (nSPS) is 19.0. The lowest BCUT2D eigenvalue weighted by Gasteiger charge is -2.30. The minimum Gasteiger partial charge on any atom is -0.468 e. The highest BCUT2D eigenvalue weighted by molar-refractivity contribution is 7.88. The molecular formula is C15H25N3O4S. The molecule has 0 unspecified atom stereocenters. The molecule has 7 nitrogen and oxygen atoms in total. The molecule has 1 aromatic heterocycles. The number of rotatable bonds is 6. The van der Waals surface area contributed by atoms with Crippen LogP contribution in [0, 0.1) is 5.92 Å². The molecule has 1 aliphatic rings. The summed E-state index contributed by atoms with van der Waals surface area (Å²) >= 11 is 0. The number of sulfonamides is 1. The summed E-state index contributed by atoms with van der Waals surface area (Å²) in [5, 5.41) is 2.97. The fourth-order valence-electron chi connectivity index (χ4n) is 2.81. The van der Waals surface area contributed by atoms with E-state index in [0.29, 0.717) is 32.5 Å². The van der Waals surface area contributed by atoms with E-state index in [4.69, 9.17) is 4.42 Å². The van der Waals surface area contributed by atoms with Gasteiger partial charge in [-0.25, -0.2) is 12.7 Å². The highest BCUT2D eigenvalue weighted by Gasteiger charge is 2.29. The standard InChI is InChI=1S/C15H25N3O4S/c1-17(2)13(14-5-4-10-22-14)11-16-15(19)12-6-8-18(9-7-12)23(3,20)21/h4-5,10,12-13H,6-9,11H2,1-3H3,(H,16,19)/t13-/m0/s1. The average molecular weight is 343 g/mol. The first-order valence-electron chi connectivity index (χ1n) is 7.71. The molecule has 1 amide bonds. The Morgan fingerprint density at radius 2 is 2.09 bits per heavy atom. The van der Waals surface area contributed by atoms with Gasteiger partial charge in [-0.15, -0.1) is 0 Å². The van der Waals surface area contributed by atoms with Gasteiger partial charge in [0.1, 0.15) is 5.76 Å². The van der Waals surface area contributed by atoms with Crippen molar-refractivity contribution in [3.8, 4) is 0 Å². The third-order valence-electron chi connectivity index (χ3n) is 4.26. The Labute approximate surface area is 137 Å². The van der Waals surface area contributed by atoms with Gasteiger partial charge in [-0.1, -0.05) is 0 Å². The van der Waals surface area contributed by atoms with E-state index in [1.165, 1.54) is 10.6 Å². The maximum Gasteiger partial charge on any atom is 0.223 e. The summed E-state index contributed by atoms with van der Waals surface area (Å²) in [5.74, 6) is 0.658. The van der Waals surface area contributed by atoms with Crippen LogP contribution in [0.15, 0.2) is 22.8 Å². The number of piperidine rings is 1. The van der Waals surface area contributed by atoms with Crippen LogP contribution in [0.1, 0.15) is 24.6 Å². The molecule has 23 heavy (non-hydrogen) atoms. The zero-order valence-electron chi connectivity index (χ0n) is 13.9. The van der Waals surface area contributed by atoms with Crippen molar-refractivity contribution in [1.82, 2.24) is 14.5 Å². The smallest absolute Gasteiger partial charge is 0.223 e. The topological polar surface area (TPSA) is 82.9 Å². The number of furan rings is 1. The quantitative estimate of drug-likeness (QED) is 0.821. The number of carbonyl (C=O) groups is 1. The molecular weight excluding hydrogens is 318 g/mol. The highest BCUT2D eigenvalue weighted by atomic mass is 32.2. The predicted octanol–water partition coefficient (Wildman–Crippen LogP) is 0.670. The maximum absolute atomic E-state index is 12.3. The molecule has 2 rings (SSSR count).